The van der Waals surface area contributed by atoms with E-state index in [1.165, 1.54) is 5.56 Å². The normalized spacial score (nSPS) is 13.3. The standard InChI is InChI=1S/C14H20N2O4/c1-14(20,12(17)18)10-16-13(19)15-9-5-8-11-6-3-2-4-7-11/h2-4,6-7,20H,5,8-10H2,1H3,(H,17,18)(H2,15,16,19). The number of rotatable bonds is 7. The summed E-state index contributed by atoms with van der Waals surface area (Å²) in [6, 6.07) is 9.42. The van der Waals surface area contributed by atoms with Crippen molar-refractivity contribution < 1.29 is 19.8 Å². The second-order valence-electron chi connectivity index (χ2n) is 4.78. The highest BCUT2D eigenvalue weighted by atomic mass is 16.4. The van der Waals surface area contributed by atoms with E-state index in [9.17, 15) is 14.7 Å². The van der Waals surface area contributed by atoms with Crippen LogP contribution in [0, 0.1) is 0 Å². The lowest BCUT2D eigenvalue weighted by Crippen LogP contribution is -2.49. The van der Waals surface area contributed by atoms with E-state index in [1.54, 1.807) is 0 Å². The smallest absolute Gasteiger partial charge is 0.337 e. The second-order valence-corrected chi connectivity index (χ2v) is 4.78. The maximum Gasteiger partial charge on any atom is 0.337 e. The highest BCUT2D eigenvalue weighted by Gasteiger charge is 2.30. The molecule has 20 heavy (non-hydrogen) atoms. The van der Waals surface area contributed by atoms with Crippen molar-refractivity contribution in [1.29, 1.82) is 0 Å². The summed E-state index contributed by atoms with van der Waals surface area (Å²) in [5.74, 6) is -1.37. The average Bonchev–Trinajstić information content (AvgIpc) is 2.42. The summed E-state index contributed by atoms with van der Waals surface area (Å²) >= 11 is 0. The molecule has 0 aromatic heterocycles. The molecule has 0 heterocycles. The fraction of sp³-hybridized carbons (Fsp3) is 0.429. The molecular formula is C14H20N2O4. The zero-order valence-corrected chi connectivity index (χ0v) is 11.4. The Morgan fingerprint density at radius 3 is 2.45 bits per heavy atom. The maximum absolute atomic E-state index is 11.4. The third-order valence-electron chi connectivity index (χ3n) is 2.82. The van der Waals surface area contributed by atoms with E-state index >= 15 is 0 Å². The number of aryl methyl sites for hydroxylation is 1. The van der Waals surface area contributed by atoms with Crippen molar-refractivity contribution in [3.05, 3.63) is 35.9 Å². The molecule has 0 aliphatic heterocycles. The number of amides is 2. The molecule has 6 heteroatoms. The van der Waals surface area contributed by atoms with Crippen LogP contribution in [0.15, 0.2) is 30.3 Å². The Labute approximate surface area is 117 Å². The summed E-state index contributed by atoms with van der Waals surface area (Å²) < 4.78 is 0. The molecule has 0 fully saturated rings. The van der Waals surface area contributed by atoms with Crippen LogP contribution in [0.25, 0.3) is 0 Å². The molecule has 6 nitrogen and oxygen atoms in total. The zero-order valence-electron chi connectivity index (χ0n) is 11.4. The van der Waals surface area contributed by atoms with Gasteiger partial charge in [0.1, 0.15) is 0 Å². The Bertz CT molecular complexity index is 446. The van der Waals surface area contributed by atoms with Gasteiger partial charge in [-0.25, -0.2) is 9.59 Å². The van der Waals surface area contributed by atoms with Crippen molar-refractivity contribution in [2.75, 3.05) is 13.1 Å². The number of carbonyl (C=O) groups excluding carboxylic acids is 1. The van der Waals surface area contributed by atoms with Gasteiger partial charge in [0.15, 0.2) is 5.60 Å². The first-order valence-corrected chi connectivity index (χ1v) is 6.43. The predicted molar refractivity (Wildman–Crippen MR) is 74.4 cm³/mol. The number of hydrogen-bond donors (Lipinski definition) is 4. The Balaban J connectivity index is 2.16. The van der Waals surface area contributed by atoms with Gasteiger partial charge >= 0.3 is 12.0 Å². The molecule has 1 aromatic rings. The topological polar surface area (TPSA) is 98.7 Å². The number of nitrogens with one attached hydrogen (secondary N) is 2. The lowest BCUT2D eigenvalue weighted by molar-refractivity contribution is -0.155. The van der Waals surface area contributed by atoms with Gasteiger partial charge in [-0.3, -0.25) is 0 Å². The first kappa shape index (κ1) is 16.0. The quantitative estimate of drug-likeness (QED) is 0.554. The summed E-state index contributed by atoms with van der Waals surface area (Å²) in [5, 5.41) is 23.0. The van der Waals surface area contributed by atoms with Crippen molar-refractivity contribution in [3.8, 4) is 0 Å². The van der Waals surface area contributed by atoms with Gasteiger partial charge in [0.05, 0.1) is 6.54 Å². The monoisotopic (exact) mass is 280 g/mol. The van der Waals surface area contributed by atoms with E-state index < -0.39 is 17.6 Å². The largest absolute Gasteiger partial charge is 0.479 e. The fourth-order valence-electron chi connectivity index (χ4n) is 1.53. The minimum atomic E-state index is -1.96. The van der Waals surface area contributed by atoms with Crippen LogP contribution in [0.1, 0.15) is 18.9 Å². The molecule has 0 saturated carbocycles. The fourth-order valence-corrected chi connectivity index (χ4v) is 1.53. The van der Waals surface area contributed by atoms with Crippen LogP contribution in [0.2, 0.25) is 0 Å². The molecular weight excluding hydrogens is 260 g/mol. The number of aliphatic hydroxyl groups is 1. The van der Waals surface area contributed by atoms with Crippen LogP contribution in [0.4, 0.5) is 4.79 Å². The van der Waals surface area contributed by atoms with Gasteiger partial charge in [-0.05, 0) is 25.3 Å². The SMILES string of the molecule is CC(O)(CNC(=O)NCCCc1ccccc1)C(=O)O. The molecule has 1 atom stereocenters. The van der Waals surface area contributed by atoms with E-state index in [-0.39, 0.29) is 6.54 Å². The van der Waals surface area contributed by atoms with Gasteiger partial charge in [0.2, 0.25) is 0 Å². The van der Waals surface area contributed by atoms with Crippen molar-refractivity contribution in [1.82, 2.24) is 10.6 Å². The number of carboxylic acids is 1. The summed E-state index contributed by atoms with van der Waals surface area (Å²) in [6.45, 7) is 1.27. The van der Waals surface area contributed by atoms with Crippen LogP contribution in [0.3, 0.4) is 0 Å². The highest BCUT2D eigenvalue weighted by Crippen LogP contribution is 2.02. The lowest BCUT2D eigenvalue weighted by Gasteiger charge is -2.18. The van der Waals surface area contributed by atoms with Crippen molar-refractivity contribution in [2.45, 2.75) is 25.4 Å². The maximum atomic E-state index is 11.4. The van der Waals surface area contributed by atoms with Crippen LogP contribution in [0.5, 0.6) is 0 Å². The van der Waals surface area contributed by atoms with Crippen molar-refractivity contribution >= 4 is 12.0 Å². The minimum Gasteiger partial charge on any atom is -0.479 e. The molecule has 1 aromatic carbocycles. The summed E-state index contributed by atoms with van der Waals surface area (Å²) in [5.41, 5.74) is -0.759. The predicted octanol–water partition coefficient (Wildman–Crippen LogP) is 0.754. The molecule has 110 valence electrons. The van der Waals surface area contributed by atoms with Crippen molar-refractivity contribution in [2.24, 2.45) is 0 Å². The van der Waals surface area contributed by atoms with E-state index in [4.69, 9.17) is 5.11 Å². The second kappa shape index (κ2) is 7.49. The van der Waals surface area contributed by atoms with Gasteiger partial charge in [-0.2, -0.15) is 0 Å². The number of carboxylic acid groups (broad SMARTS) is 1. The van der Waals surface area contributed by atoms with Gasteiger partial charge in [0.25, 0.3) is 0 Å². The number of carbonyl (C=O) groups is 2. The number of aliphatic carboxylic acids is 1. The van der Waals surface area contributed by atoms with Crippen LogP contribution >= 0.6 is 0 Å². The van der Waals surface area contributed by atoms with Gasteiger partial charge in [0, 0.05) is 6.54 Å². The molecule has 0 saturated heterocycles. The molecule has 4 N–H and O–H groups in total. The molecule has 0 radical (unpaired) electrons. The summed E-state index contributed by atoms with van der Waals surface area (Å²) in [4.78, 5) is 22.0. The van der Waals surface area contributed by atoms with E-state index in [2.05, 4.69) is 10.6 Å². The molecule has 1 rings (SSSR count). The molecule has 2 amide bonds. The molecule has 0 aliphatic carbocycles. The van der Waals surface area contributed by atoms with E-state index in [1.807, 2.05) is 30.3 Å². The Kier molecular flexibility index (Phi) is 5.99. The number of urea groups is 1. The Morgan fingerprint density at radius 2 is 1.85 bits per heavy atom. The van der Waals surface area contributed by atoms with Gasteiger partial charge < -0.3 is 20.8 Å². The first-order valence-electron chi connectivity index (χ1n) is 6.43. The Morgan fingerprint density at radius 1 is 1.20 bits per heavy atom. The number of benzene rings is 1. The average molecular weight is 280 g/mol. The van der Waals surface area contributed by atoms with E-state index in [0.29, 0.717) is 6.54 Å². The number of hydrogen-bond acceptors (Lipinski definition) is 3. The van der Waals surface area contributed by atoms with Gasteiger partial charge in [-0.1, -0.05) is 30.3 Å². The first-order chi connectivity index (χ1) is 9.42. The summed E-state index contributed by atoms with van der Waals surface area (Å²) in [7, 11) is 0. The van der Waals surface area contributed by atoms with Crippen LogP contribution < -0.4 is 10.6 Å². The van der Waals surface area contributed by atoms with Crippen LogP contribution in [-0.4, -0.2) is 40.9 Å². The summed E-state index contributed by atoms with van der Waals surface area (Å²) in [6.07, 6.45) is 1.64. The lowest BCUT2D eigenvalue weighted by atomic mass is 10.1. The third-order valence-corrected chi connectivity index (χ3v) is 2.82. The van der Waals surface area contributed by atoms with Crippen molar-refractivity contribution in [3.63, 3.8) is 0 Å². The highest BCUT2D eigenvalue weighted by molar-refractivity contribution is 5.79. The Hall–Kier alpha value is -2.08. The third kappa shape index (κ3) is 5.71. The molecule has 0 spiro atoms. The molecule has 0 bridgehead atoms. The minimum absolute atomic E-state index is 0.340. The van der Waals surface area contributed by atoms with E-state index in [0.717, 1.165) is 19.8 Å². The molecule has 0 aliphatic rings. The zero-order chi connectivity index (χ0) is 15.0. The van der Waals surface area contributed by atoms with Gasteiger partial charge in [-0.15, -0.1) is 0 Å². The molecule has 1 unspecified atom stereocenters. The van der Waals surface area contributed by atoms with Crippen LogP contribution in [-0.2, 0) is 11.2 Å².